The first-order chi connectivity index (χ1) is 11.6. The van der Waals surface area contributed by atoms with Crippen molar-refractivity contribution in [3.63, 3.8) is 0 Å². The number of hydrogen-bond donors (Lipinski definition) is 1. The highest BCUT2D eigenvalue weighted by Gasteiger charge is 2.35. The molecular formula is C21H17NO2. The quantitative estimate of drug-likeness (QED) is 0.434. The van der Waals surface area contributed by atoms with Crippen LogP contribution in [0.25, 0.3) is 0 Å². The molecule has 3 heteroatoms. The number of benzene rings is 3. The average molecular weight is 315 g/mol. The fourth-order valence-electron chi connectivity index (χ4n) is 3.57. The molecule has 0 atom stereocenters. The van der Waals surface area contributed by atoms with E-state index < -0.39 is 0 Å². The van der Waals surface area contributed by atoms with E-state index in [0.29, 0.717) is 0 Å². The Morgan fingerprint density at radius 3 is 2.25 bits per heavy atom. The molecule has 24 heavy (non-hydrogen) atoms. The molecule has 0 unspecified atom stereocenters. The van der Waals surface area contributed by atoms with E-state index in [0.717, 1.165) is 39.9 Å². The second-order valence-electron chi connectivity index (χ2n) is 6.79. The van der Waals surface area contributed by atoms with Gasteiger partial charge in [-0.1, -0.05) is 44.2 Å². The molecule has 2 heterocycles. The van der Waals surface area contributed by atoms with Crippen molar-refractivity contribution in [3.05, 3.63) is 71.8 Å². The van der Waals surface area contributed by atoms with E-state index in [-0.39, 0.29) is 5.41 Å². The Bertz CT molecular complexity index is 975. The van der Waals surface area contributed by atoms with Crippen molar-refractivity contribution < 1.29 is 9.47 Å². The monoisotopic (exact) mass is 315 g/mol. The lowest BCUT2D eigenvalue weighted by Gasteiger charge is -2.35. The Hall–Kier alpha value is -2.94. The minimum absolute atomic E-state index is 0.139. The fraction of sp³-hybridized carbons (Fsp3) is 0.143. The van der Waals surface area contributed by atoms with Gasteiger partial charge in [-0.25, -0.2) is 0 Å². The third-order valence-electron chi connectivity index (χ3n) is 4.91. The van der Waals surface area contributed by atoms with Crippen molar-refractivity contribution in [1.29, 1.82) is 0 Å². The molecule has 0 spiro atoms. The number of hydrogen-bond acceptors (Lipinski definition) is 3. The van der Waals surface area contributed by atoms with E-state index in [1.54, 1.807) is 0 Å². The molecule has 0 aliphatic carbocycles. The van der Waals surface area contributed by atoms with Gasteiger partial charge in [0.05, 0.1) is 11.4 Å². The van der Waals surface area contributed by atoms with E-state index >= 15 is 0 Å². The van der Waals surface area contributed by atoms with Gasteiger partial charge in [0.25, 0.3) is 0 Å². The zero-order valence-electron chi connectivity index (χ0n) is 13.6. The molecular weight excluding hydrogens is 298 g/mol. The lowest BCUT2D eigenvalue weighted by Crippen LogP contribution is -2.24. The summed E-state index contributed by atoms with van der Waals surface area (Å²) in [4.78, 5) is 0. The standard InChI is InChI=1S/C21H17NO2/c1-21(2)13-7-3-5-9-17(13)23-19-12-16-20(11-14(19)21)24-18-10-6-4-8-15(18)22-16/h3-12,22H,1-2H3. The summed E-state index contributed by atoms with van der Waals surface area (Å²) in [5.41, 5.74) is 4.10. The number of para-hydroxylation sites is 3. The highest BCUT2D eigenvalue weighted by molar-refractivity contribution is 5.78. The average Bonchev–Trinajstić information content (AvgIpc) is 2.59. The lowest BCUT2D eigenvalue weighted by atomic mass is 9.75. The van der Waals surface area contributed by atoms with Gasteiger partial charge >= 0.3 is 0 Å². The maximum Gasteiger partial charge on any atom is 0.151 e. The van der Waals surface area contributed by atoms with E-state index in [1.165, 1.54) is 5.56 Å². The Morgan fingerprint density at radius 1 is 0.667 bits per heavy atom. The van der Waals surface area contributed by atoms with Gasteiger partial charge in [-0.05, 0) is 24.3 Å². The van der Waals surface area contributed by atoms with Crippen molar-refractivity contribution in [1.82, 2.24) is 0 Å². The van der Waals surface area contributed by atoms with Crippen LogP contribution in [0.4, 0.5) is 11.4 Å². The summed E-state index contributed by atoms with van der Waals surface area (Å²) in [6.45, 7) is 4.45. The first kappa shape index (κ1) is 13.5. The molecule has 2 aliphatic rings. The molecule has 5 rings (SSSR count). The fourth-order valence-corrected chi connectivity index (χ4v) is 3.57. The lowest BCUT2D eigenvalue weighted by molar-refractivity contribution is 0.413. The molecule has 0 aromatic heterocycles. The van der Waals surface area contributed by atoms with E-state index in [2.05, 4.69) is 37.4 Å². The molecule has 3 nitrogen and oxygen atoms in total. The molecule has 0 bridgehead atoms. The maximum atomic E-state index is 6.17. The predicted molar refractivity (Wildman–Crippen MR) is 94.9 cm³/mol. The molecule has 0 saturated heterocycles. The summed E-state index contributed by atoms with van der Waals surface area (Å²) in [6, 6.07) is 20.3. The molecule has 0 fully saturated rings. The van der Waals surface area contributed by atoms with Crippen molar-refractivity contribution >= 4 is 11.4 Å². The number of anilines is 2. The summed E-state index contributed by atoms with van der Waals surface area (Å²) in [6.07, 6.45) is 0. The third kappa shape index (κ3) is 1.78. The molecule has 0 saturated carbocycles. The van der Waals surface area contributed by atoms with Crippen LogP contribution in [0.3, 0.4) is 0 Å². The minimum atomic E-state index is -0.139. The topological polar surface area (TPSA) is 30.5 Å². The van der Waals surface area contributed by atoms with E-state index in [9.17, 15) is 0 Å². The van der Waals surface area contributed by atoms with Crippen LogP contribution in [0.2, 0.25) is 0 Å². The third-order valence-corrected chi connectivity index (χ3v) is 4.91. The van der Waals surface area contributed by atoms with Gasteiger partial charge in [0.1, 0.15) is 11.5 Å². The van der Waals surface area contributed by atoms with Crippen molar-refractivity contribution in [2.75, 3.05) is 5.32 Å². The van der Waals surface area contributed by atoms with Gasteiger partial charge in [-0.3, -0.25) is 0 Å². The van der Waals surface area contributed by atoms with Crippen LogP contribution in [0.15, 0.2) is 60.7 Å². The minimum Gasteiger partial charge on any atom is -0.457 e. The largest absolute Gasteiger partial charge is 0.457 e. The summed E-state index contributed by atoms with van der Waals surface area (Å²) in [5.74, 6) is 3.49. The molecule has 0 amide bonds. The molecule has 1 N–H and O–H groups in total. The number of nitrogens with one attached hydrogen (secondary N) is 1. The number of rotatable bonds is 0. The SMILES string of the molecule is CC1(C)c2ccccc2Oc2cc3c(cc21)Oc1ccccc1N3. The zero-order valence-corrected chi connectivity index (χ0v) is 13.6. The van der Waals surface area contributed by atoms with Crippen LogP contribution >= 0.6 is 0 Å². The molecule has 118 valence electrons. The van der Waals surface area contributed by atoms with Crippen LogP contribution in [-0.2, 0) is 5.41 Å². The summed E-state index contributed by atoms with van der Waals surface area (Å²) < 4.78 is 12.3. The zero-order chi connectivity index (χ0) is 16.3. The van der Waals surface area contributed by atoms with Gasteiger partial charge in [0.15, 0.2) is 11.5 Å². The molecule has 3 aromatic carbocycles. The normalized spacial score (nSPS) is 15.6. The number of fused-ring (bicyclic) bond motifs is 4. The Labute approximate surface area is 140 Å². The summed E-state index contributed by atoms with van der Waals surface area (Å²) >= 11 is 0. The van der Waals surface area contributed by atoms with Gasteiger partial charge in [-0.2, -0.15) is 0 Å². The first-order valence-electron chi connectivity index (χ1n) is 8.13. The van der Waals surface area contributed by atoms with E-state index in [4.69, 9.17) is 9.47 Å². The Kier molecular flexibility index (Phi) is 2.55. The van der Waals surface area contributed by atoms with Crippen LogP contribution in [-0.4, -0.2) is 0 Å². The Balaban J connectivity index is 1.67. The van der Waals surface area contributed by atoms with Crippen molar-refractivity contribution in [3.8, 4) is 23.0 Å². The Morgan fingerprint density at radius 2 is 1.38 bits per heavy atom. The smallest absolute Gasteiger partial charge is 0.151 e. The highest BCUT2D eigenvalue weighted by atomic mass is 16.5. The van der Waals surface area contributed by atoms with Gasteiger partial charge in [-0.15, -0.1) is 0 Å². The predicted octanol–water partition coefficient (Wildman–Crippen LogP) is 5.97. The first-order valence-corrected chi connectivity index (χ1v) is 8.13. The highest BCUT2D eigenvalue weighted by Crippen LogP contribution is 2.52. The summed E-state index contributed by atoms with van der Waals surface area (Å²) in [7, 11) is 0. The van der Waals surface area contributed by atoms with Crippen LogP contribution in [0.1, 0.15) is 25.0 Å². The second kappa shape index (κ2) is 4.54. The van der Waals surface area contributed by atoms with Crippen molar-refractivity contribution in [2.45, 2.75) is 19.3 Å². The van der Waals surface area contributed by atoms with Gasteiger partial charge < -0.3 is 14.8 Å². The second-order valence-corrected chi connectivity index (χ2v) is 6.79. The number of ether oxygens (including phenoxy) is 2. The van der Waals surface area contributed by atoms with Crippen LogP contribution in [0.5, 0.6) is 23.0 Å². The molecule has 0 radical (unpaired) electrons. The van der Waals surface area contributed by atoms with Crippen LogP contribution < -0.4 is 14.8 Å². The summed E-state index contributed by atoms with van der Waals surface area (Å²) in [5, 5.41) is 3.44. The molecule has 2 aliphatic heterocycles. The van der Waals surface area contributed by atoms with Gasteiger partial charge in [0, 0.05) is 22.6 Å². The maximum absolute atomic E-state index is 6.17. The van der Waals surface area contributed by atoms with E-state index in [1.807, 2.05) is 42.5 Å². The van der Waals surface area contributed by atoms with Crippen molar-refractivity contribution in [2.24, 2.45) is 0 Å². The van der Waals surface area contributed by atoms with Gasteiger partial charge in [0.2, 0.25) is 0 Å². The van der Waals surface area contributed by atoms with Crippen LogP contribution in [0, 0.1) is 0 Å². The molecule has 3 aromatic rings.